The summed E-state index contributed by atoms with van der Waals surface area (Å²) >= 11 is 6.74. The molecule has 30 heavy (non-hydrogen) atoms. The van der Waals surface area contributed by atoms with Gasteiger partial charge in [0.05, 0.1) is 0 Å². The number of halogens is 1. The second kappa shape index (κ2) is 6.22. The predicted octanol–water partition coefficient (Wildman–Crippen LogP) is 6.72. The average Bonchev–Trinajstić information content (AvgIpc) is 3.08. The van der Waals surface area contributed by atoms with Gasteiger partial charge in [-0.05, 0) is 68.4 Å². The lowest BCUT2D eigenvalue weighted by Gasteiger charge is -2.25. The van der Waals surface area contributed by atoms with E-state index in [1.807, 2.05) is 12.1 Å². The molecule has 2 aliphatic carbocycles. The summed E-state index contributed by atoms with van der Waals surface area (Å²) in [5.41, 5.74) is 10.5. The highest BCUT2D eigenvalue weighted by molar-refractivity contribution is 6.34. The first-order chi connectivity index (χ1) is 14.2. The number of hydrogen-bond acceptors (Lipinski definition) is 0. The molecule has 5 rings (SSSR count). The summed E-state index contributed by atoms with van der Waals surface area (Å²) in [5, 5.41) is 3.34. The fourth-order valence-electron chi connectivity index (χ4n) is 5.65. The maximum Gasteiger partial charge on any atom is 0.0487 e. The van der Waals surface area contributed by atoms with Crippen LogP contribution in [0.4, 0.5) is 0 Å². The Hall–Kier alpha value is -2.57. The molecular formula is C29H27Cl. The van der Waals surface area contributed by atoms with Crippen LogP contribution in [-0.4, -0.2) is 0 Å². The minimum absolute atomic E-state index is 0.0512. The number of rotatable bonds is 1. The van der Waals surface area contributed by atoms with Crippen LogP contribution in [0, 0.1) is 0 Å². The topological polar surface area (TPSA) is 0 Å². The highest BCUT2D eigenvalue weighted by atomic mass is 35.5. The molecule has 0 N–H and O–H groups in total. The van der Waals surface area contributed by atoms with Crippen molar-refractivity contribution in [3.05, 3.63) is 92.8 Å². The summed E-state index contributed by atoms with van der Waals surface area (Å²) < 4.78 is 0. The number of hydrogen-bond donors (Lipinski definition) is 0. The Labute approximate surface area is 184 Å². The van der Waals surface area contributed by atoms with E-state index in [0.29, 0.717) is 0 Å². The molecule has 0 aliphatic heterocycles. The van der Waals surface area contributed by atoms with Gasteiger partial charge in [-0.25, -0.2) is 0 Å². The second-order valence-corrected chi connectivity index (χ2v) is 9.95. The zero-order chi connectivity index (χ0) is 21.4. The first-order valence-electron chi connectivity index (χ1n) is 10.6. The van der Waals surface area contributed by atoms with E-state index in [-0.39, 0.29) is 10.8 Å². The quantitative estimate of drug-likeness (QED) is 0.417. The molecule has 0 saturated heterocycles. The van der Waals surface area contributed by atoms with E-state index in [9.17, 15) is 0 Å². The molecule has 150 valence electrons. The monoisotopic (exact) mass is 410 g/mol. The summed E-state index contributed by atoms with van der Waals surface area (Å²) in [6.45, 7) is 15.4. The molecule has 3 aromatic carbocycles. The van der Waals surface area contributed by atoms with Crippen molar-refractivity contribution in [3.63, 3.8) is 0 Å². The average molecular weight is 411 g/mol. The van der Waals surface area contributed by atoms with Crippen LogP contribution in [0.3, 0.4) is 0 Å². The number of fused-ring (bicyclic) bond motifs is 6. The minimum atomic E-state index is -0.0616. The predicted molar refractivity (Wildman–Crippen MR) is 131 cm³/mol. The summed E-state index contributed by atoms with van der Waals surface area (Å²) in [4.78, 5) is 0. The second-order valence-electron chi connectivity index (χ2n) is 9.54. The van der Waals surface area contributed by atoms with Crippen molar-refractivity contribution in [1.29, 1.82) is 0 Å². The number of benzene rings is 3. The van der Waals surface area contributed by atoms with Crippen molar-refractivity contribution in [2.75, 3.05) is 0 Å². The van der Waals surface area contributed by atoms with Crippen molar-refractivity contribution in [1.82, 2.24) is 0 Å². The maximum atomic E-state index is 6.74. The van der Waals surface area contributed by atoms with E-state index in [0.717, 1.165) is 5.02 Å². The van der Waals surface area contributed by atoms with Gasteiger partial charge in [0.2, 0.25) is 0 Å². The van der Waals surface area contributed by atoms with Crippen LogP contribution in [-0.2, 0) is 10.8 Å². The zero-order valence-electron chi connectivity index (χ0n) is 18.4. The van der Waals surface area contributed by atoms with Gasteiger partial charge in [-0.2, -0.15) is 0 Å². The Balaban J connectivity index is 1.96. The Kier molecular flexibility index (Phi) is 4.02. The Morgan fingerprint density at radius 2 is 1.43 bits per heavy atom. The third-order valence-electron chi connectivity index (χ3n) is 7.28. The standard InChI is InChI=1S/C29H27Cl/c1-7-10-18-17(8-2)13-14-22-26(18)19-15-20-24(16-23(19)29(22,5)6)28(3,4)21-11-9-12-25(30)27(20)21/h7-16H,1H2,2-6H3/b17-8-,18-10+. The molecule has 0 heterocycles. The largest absolute Gasteiger partial charge is 0.0990 e. The van der Waals surface area contributed by atoms with Gasteiger partial charge in [-0.1, -0.05) is 94.4 Å². The van der Waals surface area contributed by atoms with Crippen LogP contribution in [0.25, 0.3) is 34.4 Å². The van der Waals surface area contributed by atoms with Crippen molar-refractivity contribution in [2.24, 2.45) is 0 Å². The molecule has 0 nitrogen and oxygen atoms in total. The Morgan fingerprint density at radius 3 is 2.07 bits per heavy atom. The van der Waals surface area contributed by atoms with E-state index in [1.54, 1.807) is 0 Å². The minimum Gasteiger partial charge on any atom is -0.0990 e. The Bertz CT molecular complexity index is 1370. The fraction of sp³-hybridized carbons (Fsp3) is 0.241. The molecule has 0 radical (unpaired) electrons. The van der Waals surface area contributed by atoms with Gasteiger partial charge in [0.1, 0.15) is 0 Å². The first kappa shape index (κ1) is 19.4. The van der Waals surface area contributed by atoms with Crippen LogP contribution in [0.2, 0.25) is 5.02 Å². The highest BCUT2D eigenvalue weighted by Gasteiger charge is 2.42. The van der Waals surface area contributed by atoms with Gasteiger partial charge in [-0.15, -0.1) is 0 Å². The van der Waals surface area contributed by atoms with Crippen LogP contribution in [0.1, 0.15) is 56.9 Å². The molecule has 0 amide bonds. The lowest BCUT2D eigenvalue weighted by Crippen LogP contribution is -2.28. The highest BCUT2D eigenvalue weighted by Crippen LogP contribution is 2.56. The van der Waals surface area contributed by atoms with Gasteiger partial charge in [0.15, 0.2) is 0 Å². The SMILES string of the molecule is C=C/C=c1/c2c(cc/c1=C/C)C(C)(C)c1cc3c(cc1-2)-c1c(Cl)cccc1C3(C)C. The smallest absolute Gasteiger partial charge is 0.0487 e. The van der Waals surface area contributed by atoms with Crippen LogP contribution in [0.5, 0.6) is 0 Å². The lowest BCUT2D eigenvalue weighted by molar-refractivity contribution is 0.639. The zero-order valence-corrected chi connectivity index (χ0v) is 19.1. The van der Waals surface area contributed by atoms with E-state index >= 15 is 0 Å². The van der Waals surface area contributed by atoms with Gasteiger partial charge in [0.25, 0.3) is 0 Å². The van der Waals surface area contributed by atoms with Gasteiger partial charge >= 0.3 is 0 Å². The molecule has 0 bridgehead atoms. The third kappa shape index (κ3) is 2.29. The third-order valence-corrected chi connectivity index (χ3v) is 7.59. The van der Waals surface area contributed by atoms with Crippen LogP contribution in [0.15, 0.2) is 55.1 Å². The Morgan fingerprint density at radius 1 is 0.800 bits per heavy atom. The van der Waals surface area contributed by atoms with E-state index in [4.69, 9.17) is 11.6 Å². The van der Waals surface area contributed by atoms with Gasteiger partial charge in [0, 0.05) is 21.4 Å². The molecule has 1 heteroatoms. The van der Waals surface area contributed by atoms with Gasteiger partial charge in [-0.3, -0.25) is 0 Å². The lowest BCUT2D eigenvalue weighted by atomic mass is 9.77. The van der Waals surface area contributed by atoms with E-state index < -0.39 is 0 Å². The molecular weight excluding hydrogens is 384 g/mol. The number of allylic oxidation sites excluding steroid dienone is 1. The van der Waals surface area contributed by atoms with Crippen molar-refractivity contribution in [3.8, 4) is 22.3 Å². The van der Waals surface area contributed by atoms with Crippen LogP contribution >= 0.6 is 11.6 Å². The first-order valence-corrected chi connectivity index (χ1v) is 11.0. The van der Waals surface area contributed by atoms with E-state index in [1.165, 1.54) is 54.9 Å². The van der Waals surface area contributed by atoms with Crippen molar-refractivity contribution < 1.29 is 0 Å². The molecule has 0 spiro atoms. The fourth-order valence-corrected chi connectivity index (χ4v) is 5.93. The summed E-state index contributed by atoms with van der Waals surface area (Å²) in [5.74, 6) is 0. The molecule has 3 aromatic rings. The molecule has 0 aromatic heterocycles. The molecule has 0 fully saturated rings. The summed E-state index contributed by atoms with van der Waals surface area (Å²) in [7, 11) is 0. The maximum absolute atomic E-state index is 6.74. The molecule has 2 aliphatic rings. The summed E-state index contributed by atoms with van der Waals surface area (Å²) in [6.07, 6.45) is 6.23. The van der Waals surface area contributed by atoms with Crippen molar-refractivity contribution in [2.45, 2.75) is 45.4 Å². The molecule has 0 saturated carbocycles. The van der Waals surface area contributed by atoms with Gasteiger partial charge < -0.3 is 0 Å². The van der Waals surface area contributed by atoms with Crippen molar-refractivity contribution >= 4 is 23.8 Å². The van der Waals surface area contributed by atoms with E-state index in [2.05, 4.69) is 89.7 Å². The summed E-state index contributed by atoms with van der Waals surface area (Å²) in [6, 6.07) is 15.7. The van der Waals surface area contributed by atoms with Crippen LogP contribution < -0.4 is 10.4 Å². The molecule has 0 atom stereocenters. The molecule has 0 unspecified atom stereocenters. The normalized spacial score (nSPS) is 18.1.